The van der Waals surface area contributed by atoms with Crippen molar-refractivity contribution in [3.63, 3.8) is 0 Å². The predicted molar refractivity (Wildman–Crippen MR) is 73.1 cm³/mol. The Morgan fingerprint density at radius 2 is 1.55 bits per heavy atom. The molecular weight excluding hydrogens is 264 g/mol. The van der Waals surface area contributed by atoms with Gasteiger partial charge in [0.1, 0.15) is 24.4 Å². The highest BCUT2D eigenvalue weighted by Crippen LogP contribution is 2.22. The molecule has 20 heavy (non-hydrogen) atoms. The van der Waals surface area contributed by atoms with Gasteiger partial charge in [-0.15, -0.1) is 0 Å². The van der Waals surface area contributed by atoms with E-state index in [2.05, 4.69) is 6.92 Å². The molecule has 6 heteroatoms. The van der Waals surface area contributed by atoms with E-state index >= 15 is 0 Å². The standard InChI is InChI=1S/C14H28O6/c1-2-3-4-5-6-7-8-19-14-13(18)12(17)11(16)10(9-15)20-14/h10-18H,2-9H2,1H3/t10-,11-,12+,13+,14+/m0/s1. The summed E-state index contributed by atoms with van der Waals surface area (Å²) in [6, 6.07) is 0. The molecule has 1 saturated heterocycles. The number of unbranched alkanes of at least 4 members (excludes halogenated alkanes) is 5. The molecule has 0 aromatic heterocycles. The second kappa shape index (κ2) is 9.65. The van der Waals surface area contributed by atoms with Gasteiger partial charge in [-0.2, -0.15) is 0 Å². The average Bonchev–Trinajstić information content (AvgIpc) is 2.46. The summed E-state index contributed by atoms with van der Waals surface area (Å²) in [4.78, 5) is 0. The Kier molecular flexibility index (Phi) is 8.60. The predicted octanol–water partition coefficient (Wildman–Crippen LogP) is 0.163. The zero-order chi connectivity index (χ0) is 15.0. The van der Waals surface area contributed by atoms with E-state index in [-0.39, 0.29) is 0 Å². The number of hydrogen-bond donors (Lipinski definition) is 4. The van der Waals surface area contributed by atoms with Crippen LogP contribution >= 0.6 is 0 Å². The molecular formula is C14H28O6. The first-order valence-electron chi connectivity index (χ1n) is 7.54. The minimum atomic E-state index is -1.37. The number of hydrogen-bond acceptors (Lipinski definition) is 6. The maximum atomic E-state index is 9.75. The quantitative estimate of drug-likeness (QED) is 0.452. The van der Waals surface area contributed by atoms with Gasteiger partial charge in [0.2, 0.25) is 0 Å². The highest BCUT2D eigenvalue weighted by molar-refractivity contribution is 4.88. The van der Waals surface area contributed by atoms with E-state index in [1.165, 1.54) is 19.3 Å². The third-order valence-corrected chi connectivity index (χ3v) is 3.63. The Labute approximate surface area is 120 Å². The van der Waals surface area contributed by atoms with Crippen LogP contribution in [0.4, 0.5) is 0 Å². The highest BCUT2D eigenvalue weighted by Gasteiger charge is 2.43. The summed E-state index contributed by atoms with van der Waals surface area (Å²) in [6.07, 6.45) is 0.851. The molecule has 6 nitrogen and oxygen atoms in total. The molecule has 1 aliphatic rings. The Balaban J connectivity index is 2.21. The number of rotatable bonds is 9. The Morgan fingerprint density at radius 3 is 2.20 bits per heavy atom. The van der Waals surface area contributed by atoms with Crippen LogP contribution in [0.5, 0.6) is 0 Å². The fourth-order valence-electron chi connectivity index (χ4n) is 2.29. The van der Waals surface area contributed by atoms with E-state index in [0.717, 1.165) is 19.3 Å². The summed E-state index contributed by atoms with van der Waals surface area (Å²) >= 11 is 0. The normalized spacial score (nSPS) is 34.4. The van der Waals surface area contributed by atoms with Crippen molar-refractivity contribution in [3.8, 4) is 0 Å². The van der Waals surface area contributed by atoms with Gasteiger partial charge in [0.15, 0.2) is 6.29 Å². The van der Waals surface area contributed by atoms with Crippen LogP contribution in [-0.2, 0) is 9.47 Å². The first-order chi connectivity index (χ1) is 9.61. The molecule has 5 atom stereocenters. The zero-order valence-electron chi connectivity index (χ0n) is 12.1. The highest BCUT2D eigenvalue weighted by atomic mass is 16.7. The monoisotopic (exact) mass is 292 g/mol. The Bertz CT molecular complexity index is 248. The summed E-state index contributed by atoms with van der Waals surface area (Å²) in [5.41, 5.74) is 0. The summed E-state index contributed by atoms with van der Waals surface area (Å²) in [6.45, 7) is 2.17. The van der Waals surface area contributed by atoms with Crippen LogP contribution in [-0.4, -0.2) is 64.3 Å². The third kappa shape index (κ3) is 5.27. The number of aliphatic hydroxyl groups is 4. The van der Waals surface area contributed by atoms with Gasteiger partial charge in [-0.25, -0.2) is 0 Å². The van der Waals surface area contributed by atoms with Crippen LogP contribution in [0.2, 0.25) is 0 Å². The van der Waals surface area contributed by atoms with E-state index < -0.39 is 37.3 Å². The Morgan fingerprint density at radius 1 is 0.900 bits per heavy atom. The molecule has 0 spiro atoms. The molecule has 0 unspecified atom stereocenters. The largest absolute Gasteiger partial charge is 0.394 e. The van der Waals surface area contributed by atoms with Crippen molar-refractivity contribution in [2.75, 3.05) is 13.2 Å². The van der Waals surface area contributed by atoms with E-state index in [4.69, 9.17) is 14.6 Å². The molecule has 0 bridgehead atoms. The molecule has 1 aliphatic heterocycles. The second-order valence-corrected chi connectivity index (χ2v) is 5.34. The van der Waals surface area contributed by atoms with Crippen LogP contribution in [0.1, 0.15) is 45.4 Å². The van der Waals surface area contributed by atoms with Gasteiger partial charge in [0, 0.05) is 6.61 Å². The average molecular weight is 292 g/mol. The molecule has 0 aliphatic carbocycles. The Hall–Kier alpha value is -0.240. The molecule has 0 radical (unpaired) electrons. The molecule has 0 amide bonds. The topological polar surface area (TPSA) is 99.4 Å². The molecule has 1 fully saturated rings. The lowest BCUT2D eigenvalue weighted by Crippen LogP contribution is -2.59. The van der Waals surface area contributed by atoms with Crippen LogP contribution in [0.15, 0.2) is 0 Å². The smallest absolute Gasteiger partial charge is 0.186 e. The van der Waals surface area contributed by atoms with E-state index in [1.807, 2.05) is 0 Å². The fourth-order valence-corrected chi connectivity index (χ4v) is 2.29. The molecule has 120 valence electrons. The fraction of sp³-hybridized carbons (Fsp3) is 1.00. The van der Waals surface area contributed by atoms with Gasteiger partial charge in [-0.3, -0.25) is 0 Å². The number of aliphatic hydroxyl groups excluding tert-OH is 4. The molecule has 1 heterocycles. The molecule has 0 saturated carbocycles. The van der Waals surface area contributed by atoms with Gasteiger partial charge < -0.3 is 29.9 Å². The first-order valence-corrected chi connectivity index (χ1v) is 7.54. The van der Waals surface area contributed by atoms with Gasteiger partial charge in [-0.05, 0) is 6.42 Å². The summed E-state index contributed by atoms with van der Waals surface area (Å²) < 4.78 is 10.6. The number of ether oxygens (including phenoxy) is 2. The third-order valence-electron chi connectivity index (χ3n) is 3.63. The van der Waals surface area contributed by atoms with Crippen LogP contribution in [0, 0.1) is 0 Å². The molecule has 0 aromatic carbocycles. The van der Waals surface area contributed by atoms with Gasteiger partial charge in [0.25, 0.3) is 0 Å². The first kappa shape index (κ1) is 17.8. The van der Waals surface area contributed by atoms with Crippen molar-refractivity contribution < 1.29 is 29.9 Å². The summed E-state index contributed by atoms with van der Waals surface area (Å²) in [5, 5.41) is 38.0. The van der Waals surface area contributed by atoms with Gasteiger partial charge in [-0.1, -0.05) is 39.0 Å². The van der Waals surface area contributed by atoms with E-state index in [1.54, 1.807) is 0 Å². The lowest BCUT2D eigenvalue weighted by Gasteiger charge is -2.39. The van der Waals surface area contributed by atoms with Gasteiger partial charge >= 0.3 is 0 Å². The summed E-state index contributed by atoms with van der Waals surface area (Å²) in [5.74, 6) is 0. The van der Waals surface area contributed by atoms with E-state index in [0.29, 0.717) is 6.61 Å². The van der Waals surface area contributed by atoms with Crippen LogP contribution < -0.4 is 0 Å². The maximum Gasteiger partial charge on any atom is 0.186 e. The SMILES string of the molecule is CCCCCCCCO[C@@H]1O[C@@H](CO)[C@H](O)[C@@H](O)[C@H]1O. The molecule has 1 rings (SSSR count). The van der Waals surface area contributed by atoms with Crippen molar-refractivity contribution in [2.45, 2.75) is 76.2 Å². The van der Waals surface area contributed by atoms with Gasteiger partial charge in [0.05, 0.1) is 6.61 Å². The molecule has 0 aromatic rings. The summed E-state index contributed by atoms with van der Waals surface area (Å²) in [7, 11) is 0. The van der Waals surface area contributed by atoms with Crippen molar-refractivity contribution in [3.05, 3.63) is 0 Å². The minimum Gasteiger partial charge on any atom is -0.394 e. The molecule has 4 N–H and O–H groups in total. The maximum absolute atomic E-state index is 9.75. The van der Waals surface area contributed by atoms with Crippen molar-refractivity contribution in [1.29, 1.82) is 0 Å². The zero-order valence-corrected chi connectivity index (χ0v) is 12.1. The van der Waals surface area contributed by atoms with E-state index in [9.17, 15) is 15.3 Å². The van der Waals surface area contributed by atoms with Crippen molar-refractivity contribution >= 4 is 0 Å². The lowest BCUT2D eigenvalue weighted by molar-refractivity contribution is -0.301. The second-order valence-electron chi connectivity index (χ2n) is 5.34. The minimum absolute atomic E-state index is 0.425. The lowest BCUT2D eigenvalue weighted by atomic mass is 9.99. The van der Waals surface area contributed by atoms with Crippen molar-refractivity contribution in [1.82, 2.24) is 0 Å². The van der Waals surface area contributed by atoms with Crippen molar-refractivity contribution in [2.24, 2.45) is 0 Å². The van der Waals surface area contributed by atoms with Crippen LogP contribution in [0.25, 0.3) is 0 Å². The van der Waals surface area contributed by atoms with Crippen LogP contribution in [0.3, 0.4) is 0 Å².